The number of para-hydroxylation sites is 1. The summed E-state index contributed by atoms with van der Waals surface area (Å²) in [7, 11) is 2.20. The normalized spacial score (nSPS) is 13.3. The third-order valence-electron chi connectivity index (χ3n) is 14.7. The highest BCUT2D eigenvalue weighted by atomic mass is 32.1. The SMILES string of the molecule is Cc1ccc(N(c2ccc(C(C)(C)C)cc2)c2cc3c(c4ccccc24)-c2ccc(N(c4cccc5c4sc4ccccc45)c4cccc5c4c4ccccc4n5C)cc2C3(C)C)cc1C. The number of fused-ring (bicyclic) bond motifs is 11. The van der Waals surface area contributed by atoms with Gasteiger partial charge < -0.3 is 14.4 Å². The molecule has 0 aliphatic heterocycles. The Morgan fingerprint density at radius 1 is 0.485 bits per heavy atom. The van der Waals surface area contributed by atoms with Crippen molar-refractivity contribution in [2.45, 2.75) is 59.3 Å². The summed E-state index contributed by atoms with van der Waals surface area (Å²) in [6.07, 6.45) is 0. The molecule has 1 aliphatic carbocycles. The zero-order valence-electron chi connectivity index (χ0n) is 39.0. The minimum Gasteiger partial charge on any atom is -0.344 e. The number of thiophene rings is 1. The Kier molecular flexibility index (Phi) is 8.98. The van der Waals surface area contributed by atoms with E-state index in [1.165, 1.54) is 109 Å². The van der Waals surface area contributed by atoms with E-state index in [0.29, 0.717) is 0 Å². The largest absolute Gasteiger partial charge is 0.344 e. The average Bonchev–Trinajstić information content (AvgIpc) is 3.93. The molecule has 4 heteroatoms. The maximum absolute atomic E-state index is 2.55. The van der Waals surface area contributed by atoms with Crippen LogP contribution in [0.25, 0.3) is 63.9 Å². The lowest BCUT2D eigenvalue weighted by Crippen LogP contribution is -2.18. The van der Waals surface area contributed by atoms with Crippen LogP contribution in [0.5, 0.6) is 0 Å². The van der Waals surface area contributed by atoms with Crippen LogP contribution in [0.3, 0.4) is 0 Å². The second kappa shape index (κ2) is 14.7. The standard InChI is InChI=1S/C62H53N3S/c1-38-27-30-42(35-39(38)2)64(41-31-28-40(29-32-41)61(3,4)5)56-37-51-58(46-19-10-9-17-44(46)56)48-34-33-43(36-50(48)62(51,6)7)65(55-25-15-21-47-45-18-12-14-26-57(45)66-60(47)55)54-24-16-23-53-59(54)49-20-11-13-22-52(49)63(53)8/h9-37H,1-8H3. The first-order chi connectivity index (χ1) is 31.9. The van der Waals surface area contributed by atoms with E-state index in [1.807, 2.05) is 11.3 Å². The molecule has 322 valence electrons. The summed E-state index contributed by atoms with van der Waals surface area (Å²) in [4.78, 5) is 5.04. The first kappa shape index (κ1) is 40.4. The van der Waals surface area contributed by atoms with Crippen molar-refractivity contribution in [3.63, 3.8) is 0 Å². The van der Waals surface area contributed by atoms with Crippen LogP contribution in [-0.2, 0) is 17.9 Å². The Bertz CT molecular complexity index is 3760. The number of aromatic nitrogens is 1. The van der Waals surface area contributed by atoms with E-state index in [0.717, 1.165) is 17.1 Å². The summed E-state index contributed by atoms with van der Waals surface area (Å²) in [6.45, 7) is 16.2. The van der Waals surface area contributed by atoms with Gasteiger partial charge in [-0.1, -0.05) is 138 Å². The lowest BCUT2D eigenvalue weighted by Gasteiger charge is -2.31. The topological polar surface area (TPSA) is 11.4 Å². The minimum atomic E-state index is -0.314. The van der Waals surface area contributed by atoms with Crippen molar-refractivity contribution >= 4 is 98.2 Å². The smallest absolute Gasteiger partial charge is 0.0640 e. The molecule has 12 rings (SSSR count). The predicted molar refractivity (Wildman–Crippen MR) is 286 cm³/mol. The summed E-state index contributed by atoms with van der Waals surface area (Å²) in [5.41, 5.74) is 18.4. The predicted octanol–water partition coefficient (Wildman–Crippen LogP) is 18.0. The fraction of sp³-hybridized carbons (Fsp3) is 0.161. The molecular weight excluding hydrogens is 819 g/mol. The molecule has 2 aromatic heterocycles. The summed E-state index contributed by atoms with van der Waals surface area (Å²) in [5.74, 6) is 0. The van der Waals surface area contributed by atoms with E-state index in [-0.39, 0.29) is 10.8 Å². The highest BCUT2D eigenvalue weighted by Gasteiger charge is 2.39. The fourth-order valence-corrected chi connectivity index (χ4v) is 12.2. The molecule has 2 heterocycles. The zero-order chi connectivity index (χ0) is 45.2. The van der Waals surface area contributed by atoms with Crippen LogP contribution >= 0.6 is 11.3 Å². The number of benzene rings is 9. The quantitative estimate of drug-likeness (QED) is 0.165. The van der Waals surface area contributed by atoms with Crippen molar-refractivity contribution in [3.05, 3.63) is 204 Å². The zero-order valence-corrected chi connectivity index (χ0v) is 39.8. The van der Waals surface area contributed by atoms with Gasteiger partial charge >= 0.3 is 0 Å². The van der Waals surface area contributed by atoms with Crippen molar-refractivity contribution in [1.29, 1.82) is 0 Å². The van der Waals surface area contributed by atoms with Gasteiger partial charge in [-0.05, 0) is 136 Å². The van der Waals surface area contributed by atoms with Crippen LogP contribution in [0, 0.1) is 13.8 Å². The van der Waals surface area contributed by atoms with Gasteiger partial charge in [0.1, 0.15) is 0 Å². The molecule has 0 saturated carbocycles. The van der Waals surface area contributed by atoms with Crippen LogP contribution in [0.2, 0.25) is 0 Å². The molecule has 11 aromatic rings. The monoisotopic (exact) mass is 871 g/mol. The second-order valence-electron chi connectivity index (χ2n) is 20.0. The van der Waals surface area contributed by atoms with Gasteiger partial charge in [-0.2, -0.15) is 0 Å². The molecule has 0 unspecified atom stereocenters. The lowest BCUT2D eigenvalue weighted by atomic mass is 9.81. The lowest BCUT2D eigenvalue weighted by molar-refractivity contribution is 0.590. The Hall–Kier alpha value is -7.14. The first-order valence-electron chi connectivity index (χ1n) is 23.2. The van der Waals surface area contributed by atoms with Gasteiger partial charge in [0.25, 0.3) is 0 Å². The van der Waals surface area contributed by atoms with E-state index in [2.05, 4.69) is 246 Å². The van der Waals surface area contributed by atoms with Gasteiger partial charge in [-0.3, -0.25) is 0 Å². The van der Waals surface area contributed by atoms with E-state index in [9.17, 15) is 0 Å². The van der Waals surface area contributed by atoms with Crippen molar-refractivity contribution in [2.75, 3.05) is 9.80 Å². The Morgan fingerprint density at radius 3 is 1.88 bits per heavy atom. The molecular formula is C62H53N3S. The van der Waals surface area contributed by atoms with Gasteiger partial charge in [-0.25, -0.2) is 0 Å². The third kappa shape index (κ3) is 6.01. The molecule has 0 spiro atoms. The van der Waals surface area contributed by atoms with Crippen LogP contribution in [0.4, 0.5) is 34.1 Å². The van der Waals surface area contributed by atoms with Crippen molar-refractivity contribution in [2.24, 2.45) is 7.05 Å². The van der Waals surface area contributed by atoms with Crippen molar-refractivity contribution < 1.29 is 0 Å². The molecule has 0 atom stereocenters. The number of rotatable bonds is 6. The fourth-order valence-electron chi connectivity index (χ4n) is 11.0. The Morgan fingerprint density at radius 2 is 1.11 bits per heavy atom. The van der Waals surface area contributed by atoms with Crippen molar-refractivity contribution in [1.82, 2.24) is 4.57 Å². The van der Waals surface area contributed by atoms with Gasteiger partial charge in [0.05, 0.1) is 27.3 Å². The highest BCUT2D eigenvalue weighted by molar-refractivity contribution is 7.26. The highest BCUT2D eigenvalue weighted by Crippen LogP contribution is 2.57. The minimum absolute atomic E-state index is 0.0556. The van der Waals surface area contributed by atoms with Crippen LogP contribution in [0.1, 0.15) is 62.4 Å². The summed E-state index contributed by atoms with van der Waals surface area (Å²) in [5, 5.41) is 7.62. The second-order valence-corrected chi connectivity index (χ2v) is 21.0. The molecule has 3 nitrogen and oxygen atoms in total. The molecule has 0 saturated heterocycles. The Labute approximate surface area is 391 Å². The number of nitrogens with zero attached hydrogens (tertiary/aromatic N) is 3. The van der Waals surface area contributed by atoms with E-state index >= 15 is 0 Å². The van der Waals surface area contributed by atoms with E-state index < -0.39 is 0 Å². The maximum atomic E-state index is 2.55. The molecule has 0 fully saturated rings. The van der Waals surface area contributed by atoms with E-state index in [1.54, 1.807) is 0 Å². The number of hydrogen-bond donors (Lipinski definition) is 0. The van der Waals surface area contributed by atoms with E-state index in [4.69, 9.17) is 0 Å². The van der Waals surface area contributed by atoms with Gasteiger partial charge in [0, 0.05) is 66.7 Å². The number of anilines is 6. The van der Waals surface area contributed by atoms with Crippen LogP contribution in [0.15, 0.2) is 176 Å². The summed E-state index contributed by atoms with van der Waals surface area (Å²) < 4.78 is 4.94. The number of aryl methyl sites for hydroxylation is 3. The third-order valence-corrected chi connectivity index (χ3v) is 15.9. The van der Waals surface area contributed by atoms with Gasteiger partial charge in [0.2, 0.25) is 0 Å². The Balaban J connectivity index is 1.09. The van der Waals surface area contributed by atoms with Gasteiger partial charge in [0.15, 0.2) is 0 Å². The van der Waals surface area contributed by atoms with Crippen molar-refractivity contribution in [3.8, 4) is 11.1 Å². The maximum Gasteiger partial charge on any atom is 0.0640 e. The molecule has 66 heavy (non-hydrogen) atoms. The van der Waals surface area contributed by atoms with Crippen LogP contribution < -0.4 is 9.80 Å². The first-order valence-corrected chi connectivity index (χ1v) is 24.1. The number of hydrogen-bond acceptors (Lipinski definition) is 3. The average molecular weight is 872 g/mol. The molecule has 0 radical (unpaired) electrons. The molecule has 1 aliphatic rings. The van der Waals surface area contributed by atoms with Crippen LogP contribution in [-0.4, -0.2) is 4.57 Å². The molecule has 9 aromatic carbocycles. The summed E-state index contributed by atoms with van der Waals surface area (Å²) >= 11 is 1.89. The molecule has 0 N–H and O–H groups in total. The van der Waals surface area contributed by atoms with Gasteiger partial charge in [-0.15, -0.1) is 11.3 Å². The molecule has 0 amide bonds. The summed E-state index contributed by atoms with van der Waals surface area (Å²) in [6, 6.07) is 66.4. The molecule has 0 bridgehead atoms.